The molecule has 0 aliphatic carbocycles. The van der Waals surface area contributed by atoms with Crippen molar-refractivity contribution in [2.24, 2.45) is 0 Å². The number of alkyl halides is 3. The minimum Gasteiger partial charge on any atom is -0.404 e. The molecule has 2 nitrogen and oxygen atoms in total. The minimum atomic E-state index is -4.76. The molecule has 1 aromatic heterocycles. The molecule has 2 rings (SSSR count). The van der Waals surface area contributed by atoms with Crippen molar-refractivity contribution in [2.75, 3.05) is 0 Å². The second-order valence-corrected chi connectivity index (χ2v) is 4.93. The lowest BCUT2D eigenvalue weighted by Gasteiger charge is -2.10. The van der Waals surface area contributed by atoms with E-state index in [1.165, 1.54) is 23.5 Å². The van der Waals surface area contributed by atoms with Crippen molar-refractivity contribution in [3.05, 3.63) is 28.6 Å². The van der Waals surface area contributed by atoms with Gasteiger partial charge in [-0.15, -0.1) is 37.1 Å². The molecule has 0 unspecified atom stereocenters. The van der Waals surface area contributed by atoms with E-state index in [2.05, 4.69) is 22.3 Å². The summed E-state index contributed by atoms with van der Waals surface area (Å²) in [5.41, 5.74) is 0.611. The number of aromatic nitrogens is 1. The molecule has 0 radical (unpaired) electrons. The van der Waals surface area contributed by atoms with Gasteiger partial charge in [-0.1, -0.05) is 11.6 Å². The lowest BCUT2D eigenvalue weighted by Crippen LogP contribution is -2.17. The Morgan fingerprint density at radius 3 is 2.56 bits per heavy atom. The van der Waals surface area contributed by atoms with Crippen LogP contribution in [0, 0.1) is 0 Å². The van der Waals surface area contributed by atoms with Gasteiger partial charge in [-0.3, -0.25) is 0 Å². The molecule has 1 heterocycles. The Morgan fingerprint density at radius 1 is 1.33 bits per heavy atom. The number of rotatable bonds is 2. The van der Waals surface area contributed by atoms with Gasteiger partial charge in [0.2, 0.25) is 0 Å². The molecule has 2 aromatic rings. The second-order valence-electron chi connectivity index (χ2n) is 3.20. The van der Waals surface area contributed by atoms with Gasteiger partial charge in [0, 0.05) is 10.9 Å². The van der Waals surface area contributed by atoms with E-state index in [0.29, 0.717) is 15.6 Å². The van der Waals surface area contributed by atoms with Gasteiger partial charge in [0.25, 0.3) is 0 Å². The molecular formula is C10H5ClF3NOS2. The van der Waals surface area contributed by atoms with Gasteiger partial charge in [0.15, 0.2) is 0 Å². The van der Waals surface area contributed by atoms with Crippen LogP contribution in [0.5, 0.6) is 5.75 Å². The number of hydrogen-bond donors (Lipinski definition) is 1. The van der Waals surface area contributed by atoms with Crippen LogP contribution in [0.15, 0.2) is 28.6 Å². The highest BCUT2D eigenvalue weighted by atomic mass is 35.5. The molecule has 0 N–H and O–H groups in total. The standard InChI is InChI=1S/C10H5ClF3NOS2/c11-6-3-5(9-15-8(17)4-18-9)1-2-7(6)16-10(12,13)14/h1-4,17H. The molecule has 0 amide bonds. The van der Waals surface area contributed by atoms with E-state index in [1.807, 2.05) is 0 Å². The predicted molar refractivity (Wildman–Crippen MR) is 66.5 cm³/mol. The number of halogens is 4. The normalized spacial score (nSPS) is 11.6. The van der Waals surface area contributed by atoms with Crippen molar-refractivity contribution < 1.29 is 17.9 Å². The zero-order valence-electron chi connectivity index (χ0n) is 8.53. The molecule has 18 heavy (non-hydrogen) atoms. The van der Waals surface area contributed by atoms with E-state index in [1.54, 1.807) is 5.38 Å². The lowest BCUT2D eigenvalue weighted by atomic mass is 10.2. The first-order valence-corrected chi connectivity index (χ1v) is 6.26. The molecule has 0 aliphatic heterocycles. The highest BCUT2D eigenvalue weighted by Crippen LogP contribution is 2.34. The first kappa shape index (κ1) is 13.5. The third-order valence-electron chi connectivity index (χ3n) is 1.90. The molecule has 0 saturated heterocycles. The average molecular weight is 312 g/mol. The smallest absolute Gasteiger partial charge is 0.404 e. The van der Waals surface area contributed by atoms with E-state index < -0.39 is 12.1 Å². The van der Waals surface area contributed by atoms with E-state index in [9.17, 15) is 13.2 Å². The highest BCUT2D eigenvalue weighted by molar-refractivity contribution is 7.80. The maximum absolute atomic E-state index is 12.0. The SMILES string of the molecule is FC(F)(F)Oc1ccc(-c2nc(S)cs2)cc1Cl. The summed E-state index contributed by atoms with van der Waals surface area (Å²) in [6.45, 7) is 0. The van der Waals surface area contributed by atoms with Gasteiger partial charge >= 0.3 is 6.36 Å². The molecular weight excluding hydrogens is 307 g/mol. The maximum atomic E-state index is 12.0. The Kier molecular flexibility index (Phi) is 3.74. The first-order chi connectivity index (χ1) is 8.35. The summed E-state index contributed by atoms with van der Waals surface area (Å²) >= 11 is 11.1. The van der Waals surface area contributed by atoms with Crippen LogP contribution in [0.2, 0.25) is 5.02 Å². The molecule has 0 fully saturated rings. The van der Waals surface area contributed by atoms with Crippen molar-refractivity contribution in [2.45, 2.75) is 11.4 Å². The zero-order valence-corrected chi connectivity index (χ0v) is 11.0. The Labute approximate surface area is 115 Å². The number of hydrogen-bond acceptors (Lipinski definition) is 4. The van der Waals surface area contributed by atoms with E-state index >= 15 is 0 Å². The number of ether oxygens (including phenoxy) is 1. The van der Waals surface area contributed by atoms with Crippen molar-refractivity contribution in [1.29, 1.82) is 0 Å². The Hall–Kier alpha value is -0.920. The number of nitrogens with zero attached hydrogens (tertiary/aromatic N) is 1. The van der Waals surface area contributed by atoms with Crippen LogP contribution in [0.25, 0.3) is 10.6 Å². The summed E-state index contributed by atoms with van der Waals surface area (Å²) < 4.78 is 39.9. The van der Waals surface area contributed by atoms with Crippen LogP contribution in [0.1, 0.15) is 0 Å². The fourth-order valence-electron chi connectivity index (χ4n) is 1.24. The lowest BCUT2D eigenvalue weighted by molar-refractivity contribution is -0.274. The van der Waals surface area contributed by atoms with Gasteiger partial charge in [0.05, 0.1) is 5.02 Å². The number of benzene rings is 1. The van der Waals surface area contributed by atoms with Crippen molar-refractivity contribution in [3.63, 3.8) is 0 Å². The van der Waals surface area contributed by atoms with Gasteiger partial charge in [-0.25, -0.2) is 4.98 Å². The topological polar surface area (TPSA) is 22.1 Å². The first-order valence-electron chi connectivity index (χ1n) is 4.55. The summed E-state index contributed by atoms with van der Waals surface area (Å²) in [6.07, 6.45) is -4.76. The van der Waals surface area contributed by atoms with Crippen molar-refractivity contribution in [3.8, 4) is 16.3 Å². The molecule has 0 spiro atoms. The van der Waals surface area contributed by atoms with Crippen LogP contribution in [0.4, 0.5) is 13.2 Å². The predicted octanol–water partition coefficient (Wildman–Crippen LogP) is 4.65. The number of thiol groups is 1. The third-order valence-corrected chi connectivity index (χ3v) is 3.49. The molecule has 0 saturated carbocycles. The summed E-state index contributed by atoms with van der Waals surface area (Å²) in [6, 6.07) is 3.98. The van der Waals surface area contributed by atoms with E-state index in [4.69, 9.17) is 11.6 Å². The maximum Gasteiger partial charge on any atom is 0.573 e. The molecule has 1 aromatic carbocycles. The summed E-state index contributed by atoms with van der Waals surface area (Å²) in [5.74, 6) is -0.435. The Balaban J connectivity index is 2.30. The monoisotopic (exact) mass is 311 g/mol. The second kappa shape index (κ2) is 4.99. The molecule has 0 aliphatic rings. The van der Waals surface area contributed by atoms with Gasteiger partial charge in [-0.2, -0.15) is 0 Å². The summed E-state index contributed by atoms with van der Waals surface area (Å²) in [5, 5.41) is 2.76. The molecule has 96 valence electrons. The fraction of sp³-hybridized carbons (Fsp3) is 0.100. The molecule has 0 atom stereocenters. The van der Waals surface area contributed by atoms with Crippen LogP contribution in [-0.2, 0) is 0 Å². The number of thiazole rings is 1. The van der Waals surface area contributed by atoms with Crippen LogP contribution >= 0.6 is 35.6 Å². The van der Waals surface area contributed by atoms with Gasteiger partial charge in [0.1, 0.15) is 15.8 Å². The summed E-state index contributed by atoms with van der Waals surface area (Å²) in [7, 11) is 0. The third kappa shape index (κ3) is 3.30. The van der Waals surface area contributed by atoms with E-state index in [0.717, 1.165) is 6.07 Å². The quantitative estimate of drug-likeness (QED) is 0.815. The Bertz CT molecular complexity index is 570. The van der Waals surface area contributed by atoms with Crippen molar-refractivity contribution >= 4 is 35.6 Å². The fourth-order valence-corrected chi connectivity index (χ4v) is 2.47. The van der Waals surface area contributed by atoms with Gasteiger partial charge in [-0.05, 0) is 18.2 Å². The highest BCUT2D eigenvalue weighted by Gasteiger charge is 2.32. The van der Waals surface area contributed by atoms with E-state index in [-0.39, 0.29) is 5.02 Å². The van der Waals surface area contributed by atoms with Crippen LogP contribution in [0.3, 0.4) is 0 Å². The van der Waals surface area contributed by atoms with Crippen LogP contribution < -0.4 is 4.74 Å². The molecule has 8 heteroatoms. The molecule has 0 bridgehead atoms. The zero-order chi connectivity index (χ0) is 13.3. The van der Waals surface area contributed by atoms with Crippen LogP contribution in [-0.4, -0.2) is 11.3 Å². The average Bonchev–Trinajstić information content (AvgIpc) is 2.66. The van der Waals surface area contributed by atoms with Gasteiger partial charge < -0.3 is 4.74 Å². The minimum absolute atomic E-state index is 0.124. The largest absolute Gasteiger partial charge is 0.573 e. The van der Waals surface area contributed by atoms with Crippen molar-refractivity contribution in [1.82, 2.24) is 4.98 Å². The Morgan fingerprint density at radius 2 is 2.06 bits per heavy atom. The summed E-state index contributed by atoms with van der Waals surface area (Å²) in [4.78, 5) is 4.09.